The summed E-state index contributed by atoms with van der Waals surface area (Å²) in [5.41, 5.74) is 1.25. The molecule has 126 valence electrons. The number of anilines is 1. The zero-order valence-corrected chi connectivity index (χ0v) is 13.9. The van der Waals surface area contributed by atoms with Gasteiger partial charge in [0.2, 0.25) is 5.91 Å². The van der Waals surface area contributed by atoms with Crippen molar-refractivity contribution in [1.29, 1.82) is 0 Å². The van der Waals surface area contributed by atoms with Gasteiger partial charge in [-0.15, -0.1) is 0 Å². The van der Waals surface area contributed by atoms with Gasteiger partial charge in [-0.25, -0.2) is 0 Å². The van der Waals surface area contributed by atoms with Gasteiger partial charge in [-0.1, -0.05) is 31.2 Å². The smallest absolute Gasteiger partial charge is 0.312 e. The molecule has 2 fully saturated rings. The van der Waals surface area contributed by atoms with Crippen molar-refractivity contribution in [3.05, 3.63) is 42.0 Å². The van der Waals surface area contributed by atoms with Gasteiger partial charge in [0.15, 0.2) is 0 Å². The molecule has 2 bridgehead atoms. The fourth-order valence-electron chi connectivity index (χ4n) is 4.08. The molecule has 2 saturated heterocycles. The molecule has 3 aliphatic rings. The second-order valence-corrected chi connectivity index (χ2v) is 6.83. The molecule has 1 aromatic rings. The first-order valence-corrected chi connectivity index (χ1v) is 8.47. The molecule has 1 aromatic carbocycles. The molecule has 0 aromatic heterocycles. The Morgan fingerprint density at radius 3 is 3.04 bits per heavy atom. The van der Waals surface area contributed by atoms with Gasteiger partial charge in [0, 0.05) is 5.69 Å². The van der Waals surface area contributed by atoms with Gasteiger partial charge >= 0.3 is 5.97 Å². The highest BCUT2D eigenvalue weighted by atomic mass is 16.6. The molecule has 5 nitrogen and oxygen atoms in total. The maximum Gasteiger partial charge on any atom is 0.312 e. The summed E-state index contributed by atoms with van der Waals surface area (Å²) in [4.78, 5) is 27.3. The van der Waals surface area contributed by atoms with Crippen molar-refractivity contribution in [3.63, 3.8) is 0 Å². The minimum Gasteiger partial charge on any atom is -0.465 e. The molecule has 0 saturated carbocycles. The molecule has 3 heterocycles. The Hall–Kier alpha value is -2.14. The number of aryl methyl sites for hydroxylation is 1. The Labute approximate surface area is 141 Å². The van der Waals surface area contributed by atoms with Crippen LogP contribution in [-0.4, -0.2) is 36.7 Å². The van der Waals surface area contributed by atoms with E-state index in [0.29, 0.717) is 13.2 Å². The van der Waals surface area contributed by atoms with E-state index in [9.17, 15) is 9.59 Å². The monoisotopic (exact) mass is 327 g/mol. The lowest BCUT2D eigenvalue weighted by atomic mass is 9.77. The third kappa shape index (κ3) is 2.11. The van der Waals surface area contributed by atoms with Crippen LogP contribution in [0.1, 0.15) is 18.9 Å². The minimum absolute atomic E-state index is 0.0501. The van der Waals surface area contributed by atoms with Gasteiger partial charge in [0.1, 0.15) is 11.5 Å². The van der Waals surface area contributed by atoms with Crippen LogP contribution in [0.4, 0.5) is 5.69 Å². The van der Waals surface area contributed by atoms with E-state index in [1.807, 2.05) is 50.3 Å². The van der Waals surface area contributed by atoms with E-state index in [1.54, 1.807) is 4.90 Å². The van der Waals surface area contributed by atoms with Gasteiger partial charge in [-0.05, 0) is 31.0 Å². The second kappa shape index (κ2) is 5.45. The van der Waals surface area contributed by atoms with Gasteiger partial charge < -0.3 is 14.4 Å². The first-order valence-electron chi connectivity index (χ1n) is 8.47. The molecular formula is C19H21NO4. The van der Waals surface area contributed by atoms with E-state index in [-0.39, 0.29) is 18.0 Å². The van der Waals surface area contributed by atoms with E-state index < -0.39 is 17.4 Å². The van der Waals surface area contributed by atoms with Gasteiger partial charge in [0.25, 0.3) is 0 Å². The highest BCUT2D eigenvalue weighted by Gasteiger charge is 2.67. The third-order valence-corrected chi connectivity index (χ3v) is 5.13. The number of carbonyl (C=O) groups excluding carboxylic acids is 2. The summed E-state index contributed by atoms with van der Waals surface area (Å²) >= 11 is 0. The van der Waals surface area contributed by atoms with Crippen LogP contribution in [0, 0.1) is 18.8 Å². The van der Waals surface area contributed by atoms with Gasteiger partial charge in [-0.2, -0.15) is 0 Å². The van der Waals surface area contributed by atoms with Crippen molar-refractivity contribution in [1.82, 2.24) is 0 Å². The normalized spacial score (nSPS) is 33.2. The van der Waals surface area contributed by atoms with Crippen molar-refractivity contribution in [2.45, 2.75) is 32.0 Å². The molecule has 0 N–H and O–H groups in total. The predicted octanol–water partition coefficient (Wildman–Crippen LogP) is 2.23. The number of rotatable bonds is 4. The van der Waals surface area contributed by atoms with Crippen LogP contribution in [0.3, 0.4) is 0 Å². The molecule has 0 radical (unpaired) electrons. The Morgan fingerprint density at radius 1 is 1.46 bits per heavy atom. The van der Waals surface area contributed by atoms with E-state index in [1.165, 1.54) is 0 Å². The number of fused-ring (bicyclic) bond motifs is 1. The Bertz CT molecular complexity index is 728. The van der Waals surface area contributed by atoms with Gasteiger partial charge in [-0.3, -0.25) is 9.59 Å². The highest BCUT2D eigenvalue weighted by molar-refractivity contribution is 6.02. The molecule has 1 amide bonds. The third-order valence-electron chi connectivity index (χ3n) is 5.13. The SMILES string of the molecule is CCCOC(=O)[C@H]1[C@H]2C=C[C@@]3(CN(c4cccc(C)c4)C(=O)[C@@H]13)O2. The number of amides is 1. The lowest BCUT2D eigenvalue weighted by Crippen LogP contribution is -2.40. The Morgan fingerprint density at radius 2 is 2.29 bits per heavy atom. The number of benzene rings is 1. The number of carbonyl (C=O) groups is 2. The highest BCUT2D eigenvalue weighted by Crippen LogP contribution is 2.52. The van der Waals surface area contributed by atoms with Crippen LogP contribution in [-0.2, 0) is 19.1 Å². The summed E-state index contributed by atoms with van der Waals surface area (Å²) < 4.78 is 11.4. The second-order valence-electron chi connectivity index (χ2n) is 6.83. The van der Waals surface area contributed by atoms with E-state index in [4.69, 9.17) is 9.47 Å². The van der Waals surface area contributed by atoms with E-state index in [0.717, 1.165) is 17.7 Å². The molecule has 0 aliphatic carbocycles. The van der Waals surface area contributed by atoms with Crippen LogP contribution in [0.5, 0.6) is 0 Å². The van der Waals surface area contributed by atoms with Crippen molar-refractivity contribution < 1.29 is 19.1 Å². The number of esters is 1. The lowest BCUT2D eigenvalue weighted by molar-refractivity contribution is -0.152. The summed E-state index contributed by atoms with van der Waals surface area (Å²) in [6.45, 7) is 4.77. The molecule has 1 spiro atoms. The standard InChI is InChI=1S/C19H21NO4/c1-3-9-23-18(22)15-14-7-8-19(24-14)11-20(17(21)16(15)19)13-6-4-5-12(2)10-13/h4-8,10,14-16H,3,9,11H2,1-2H3/t14-,15+,16-,19+/m1/s1. The average molecular weight is 327 g/mol. The number of nitrogens with zero attached hydrogens (tertiary/aromatic N) is 1. The van der Waals surface area contributed by atoms with Crippen molar-refractivity contribution in [3.8, 4) is 0 Å². The fraction of sp³-hybridized carbons (Fsp3) is 0.474. The quantitative estimate of drug-likeness (QED) is 0.629. The molecule has 4 rings (SSSR count). The largest absolute Gasteiger partial charge is 0.465 e. The van der Waals surface area contributed by atoms with Gasteiger partial charge in [0.05, 0.1) is 25.2 Å². The number of hydrogen-bond donors (Lipinski definition) is 0. The number of ether oxygens (including phenoxy) is 2. The van der Waals surface area contributed by atoms with Crippen LogP contribution in [0.25, 0.3) is 0 Å². The Kier molecular flexibility index (Phi) is 3.49. The zero-order valence-electron chi connectivity index (χ0n) is 13.9. The van der Waals surface area contributed by atoms with Crippen LogP contribution in [0.15, 0.2) is 36.4 Å². The maximum atomic E-state index is 13.1. The van der Waals surface area contributed by atoms with Crippen molar-refractivity contribution in [2.75, 3.05) is 18.1 Å². The van der Waals surface area contributed by atoms with Crippen LogP contribution < -0.4 is 4.90 Å². The first-order chi connectivity index (χ1) is 11.6. The summed E-state index contributed by atoms with van der Waals surface area (Å²) in [5.74, 6) is -1.40. The van der Waals surface area contributed by atoms with Crippen molar-refractivity contribution >= 4 is 17.6 Å². The minimum atomic E-state index is -0.693. The molecular weight excluding hydrogens is 306 g/mol. The molecule has 4 atom stereocenters. The Balaban J connectivity index is 1.65. The van der Waals surface area contributed by atoms with Crippen molar-refractivity contribution in [2.24, 2.45) is 11.8 Å². The maximum absolute atomic E-state index is 13.1. The lowest BCUT2D eigenvalue weighted by Gasteiger charge is -2.22. The first kappa shape index (κ1) is 15.4. The zero-order chi connectivity index (χ0) is 16.9. The predicted molar refractivity (Wildman–Crippen MR) is 88.5 cm³/mol. The topological polar surface area (TPSA) is 55.8 Å². The molecule has 0 unspecified atom stereocenters. The van der Waals surface area contributed by atoms with E-state index in [2.05, 4.69) is 0 Å². The summed E-state index contributed by atoms with van der Waals surface area (Å²) in [6, 6.07) is 7.83. The van der Waals surface area contributed by atoms with E-state index >= 15 is 0 Å². The summed E-state index contributed by atoms with van der Waals surface area (Å²) in [7, 11) is 0. The summed E-state index contributed by atoms with van der Waals surface area (Å²) in [6.07, 6.45) is 4.28. The average Bonchev–Trinajstić information content (AvgIpc) is 3.21. The summed E-state index contributed by atoms with van der Waals surface area (Å²) in [5, 5.41) is 0. The molecule has 5 heteroatoms. The molecule has 3 aliphatic heterocycles. The fourth-order valence-corrected chi connectivity index (χ4v) is 4.08. The molecule has 24 heavy (non-hydrogen) atoms. The van der Waals surface area contributed by atoms with Crippen LogP contribution >= 0.6 is 0 Å². The number of hydrogen-bond acceptors (Lipinski definition) is 4. The van der Waals surface area contributed by atoms with Crippen LogP contribution in [0.2, 0.25) is 0 Å².